The molecule has 1 aliphatic heterocycles. The van der Waals surface area contributed by atoms with E-state index in [1.54, 1.807) is 23.6 Å². The van der Waals surface area contributed by atoms with Gasteiger partial charge in [0.2, 0.25) is 0 Å². The van der Waals surface area contributed by atoms with Crippen LogP contribution >= 0.6 is 11.3 Å². The lowest BCUT2D eigenvalue weighted by atomic mass is 9.92. The van der Waals surface area contributed by atoms with Gasteiger partial charge in [-0.1, -0.05) is 62.8 Å². The molecule has 2 aromatic heterocycles. The highest BCUT2D eigenvalue weighted by Crippen LogP contribution is 2.33. The Balaban J connectivity index is 1.71. The molecule has 0 spiro atoms. The molecule has 218 valence electrons. The number of nitrogens with zero attached hydrogens (tertiary/aromatic N) is 3. The van der Waals surface area contributed by atoms with Crippen LogP contribution in [0.25, 0.3) is 11.8 Å². The first-order valence-electron chi connectivity index (χ1n) is 14.4. The van der Waals surface area contributed by atoms with Crippen LogP contribution in [0, 0.1) is 19.7 Å². The molecular formula is C34H36FN3O3S. The highest BCUT2D eigenvalue weighted by Gasteiger charge is 2.34. The fourth-order valence-electron chi connectivity index (χ4n) is 5.56. The van der Waals surface area contributed by atoms with E-state index in [1.165, 1.54) is 29.0 Å². The van der Waals surface area contributed by atoms with Crippen LogP contribution in [-0.4, -0.2) is 21.7 Å². The predicted molar refractivity (Wildman–Crippen MR) is 165 cm³/mol. The van der Waals surface area contributed by atoms with Gasteiger partial charge in [-0.25, -0.2) is 14.2 Å². The molecule has 1 unspecified atom stereocenters. The fraction of sp³-hybridized carbons (Fsp3) is 0.324. The van der Waals surface area contributed by atoms with E-state index >= 15 is 0 Å². The Morgan fingerprint density at radius 3 is 2.40 bits per heavy atom. The standard InChI is InChI=1S/C34H36FN3O3S/c1-7-9-28-30(33(40)41-8-2)31(24-12-10-23(11-13-24)20(3)4)38-32(39)29(42-34(38)36-28)19-25-18-21(5)37(22(25)6)27-16-14-26(35)15-17-27/h10-20,31H,7-9H2,1-6H3/b29-19+. The topological polar surface area (TPSA) is 65.6 Å². The minimum atomic E-state index is -0.642. The largest absolute Gasteiger partial charge is 0.463 e. The lowest BCUT2D eigenvalue weighted by molar-refractivity contribution is -0.139. The summed E-state index contributed by atoms with van der Waals surface area (Å²) < 4.78 is 23.3. The Kier molecular flexibility index (Phi) is 8.45. The van der Waals surface area contributed by atoms with Crippen LogP contribution in [0.4, 0.5) is 4.39 Å². The maximum Gasteiger partial charge on any atom is 0.338 e. The van der Waals surface area contributed by atoms with E-state index < -0.39 is 12.0 Å². The average Bonchev–Trinajstić information content (AvgIpc) is 3.42. The average molecular weight is 586 g/mol. The molecular weight excluding hydrogens is 549 g/mol. The lowest BCUT2D eigenvalue weighted by Crippen LogP contribution is -2.40. The Hall–Kier alpha value is -4.04. The number of ether oxygens (including phenoxy) is 1. The van der Waals surface area contributed by atoms with E-state index in [9.17, 15) is 14.0 Å². The van der Waals surface area contributed by atoms with Gasteiger partial charge in [0.25, 0.3) is 5.56 Å². The zero-order chi connectivity index (χ0) is 30.1. The van der Waals surface area contributed by atoms with E-state index in [1.807, 2.05) is 49.6 Å². The van der Waals surface area contributed by atoms with Crippen molar-refractivity contribution in [2.24, 2.45) is 4.99 Å². The minimum Gasteiger partial charge on any atom is -0.463 e. The summed E-state index contributed by atoms with van der Waals surface area (Å²) in [5.41, 5.74) is 6.53. The summed E-state index contributed by atoms with van der Waals surface area (Å²) in [6.07, 6.45) is 3.28. The molecule has 4 aromatic rings. The number of allylic oxidation sites excluding steroid dienone is 1. The van der Waals surface area contributed by atoms with Gasteiger partial charge in [0.05, 0.1) is 28.5 Å². The number of thiazole rings is 1. The van der Waals surface area contributed by atoms with Crippen LogP contribution in [-0.2, 0) is 9.53 Å². The van der Waals surface area contributed by atoms with Crippen molar-refractivity contribution in [2.45, 2.75) is 66.3 Å². The molecule has 8 heteroatoms. The number of hydrogen-bond donors (Lipinski definition) is 0. The molecule has 3 heterocycles. The second-order valence-corrected chi connectivity index (χ2v) is 11.9. The van der Waals surface area contributed by atoms with Crippen molar-refractivity contribution in [3.63, 3.8) is 0 Å². The molecule has 0 aliphatic carbocycles. The van der Waals surface area contributed by atoms with Gasteiger partial charge in [0, 0.05) is 17.1 Å². The van der Waals surface area contributed by atoms with Crippen molar-refractivity contribution in [2.75, 3.05) is 6.61 Å². The van der Waals surface area contributed by atoms with Gasteiger partial charge >= 0.3 is 5.97 Å². The van der Waals surface area contributed by atoms with Crippen LogP contribution in [0.5, 0.6) is 0 Å². The van der Waals surface area contributed by atoms with Crippen LogP contribution in [0.1, 0.15) is 80.6 Å². The van der Waals surface area contributed by atoms with Gasteiger partial charge in [0.15, 0.2) is 4.80 Å². The van der Waals surface area contributed by atoms with E-state index in [0.29, 0.717) is 32.9 Å². The SMILES string of the molecule is CCCC1=C(C(=O)OCC)C(c2ccc(C(C)C)cc2)n2c(s/c(=C/c3cc(C)n(-c4ccc(F)cc4)c3C)c2=O)=N1. The molecule has 6 nitrogen and oxygen atoms in total. The second kappa shape index (κ2) is 12.1. The maximum atomic E-state index is 14.1. The maximum absolute atomic E-state index is 14.1. The zero-order valence-corrected chi connectivity index (χ0v) is 25.7. The molecule has 1 atom stereocenters. The third kappa shape index (κ3) is 5.43. The number of esters is 1. The highest BCUT2D eigenvalue weighted by atomic mass is 32.1. The number of aromatic nitrogens is 2. The normalized spacial score (nSPS) is 15.2. The van der Waals surface area contributed by atoms with Crippen LogP contribution in [0.15, 0.2) is 75.7 Å². The zero-order valence-electron chi connectivity index (χ0n) is 24.9. The summed E-state index contributed by atoms with van der Waals surface area (Å²) in [6, 6.07) is 15.9. The summed E-state index contributed by atoms with van der Waals surface area (Å²) in [4.78, 5) is 33.0. The van der Waals surface area contributed by atoms with Crippen molar-refractivity contribution in [1.29, 1.82) is 0 Å². The molecule has 0 saturated heterocycles. The molecule has 0 fully saturated rings. The second-order valence-electron chi connectivity index (χ2n) is 10.9. The third-order valence-electron chi connectivity index (χ3n) is 7.65. The summed E-state index contributed by atoms with van der Waals surface area (Å²) in [7, 11) is 0. The van der Waals surface area contributed by atoms with Crippen molar-refractivity contribution in [3.8, 4) is 5.69 Å². The number of benzene rings is 2. The predicted octanol–water partition coefficient (Wildman–Crippen LogP) is 6.25. The molecule has 0 bridgehead atoms. The minimum absolute atomic E-state index is 0.208. The molecule has 2 aromatic carbocycles. The first-order chi connectivity index (χ1) is 20.1. The number of hydrogen-bond acceptors (Lipinski definition) is 5. The molecule has 1 aliphatic rings. The Morgan fingerprint density at radius 2 is 1.79 bits per heavy atom. The molecule has 0 saturated carbocycles. The van der Waals surface area contributed by atoms with Crippen LogP contribution < -0.4 is 14.9 Å². The molecule has 0 radical (unpaired) electrons. The van der Waals surface area contributed by atoms with E-state index in [4.69, 9.17) is 9.73 Å². The summed E-state index contributed by atoms with van der Waals surface area (Å²) in [5, 5.41) is 0. The van der Waals surface area contributed by atoms with Gasteiger partial charge in [-0.3, -0.25) is 9.36 Å². The number of carbonyl (C=O) groups is 1. The monoisotopic (exact) mass is 585 g/mol. The summed E-state index contributed by atoms with van der Waals surface area (Å²) in [6.45, 7) is 12.3. The molecule has 0 amide bonds. The van der Waals surface area contributed by atoms with Crippen LogP contribution in [0.3, 0.4) is 0 Å². The third-order valence-corrected chi connectivity index (χ3v) is 8.64. The lowest BCUT2D eigenvalue weighted by Gasteiger charge is -2.26. The number of aryl methyl sites for hydroxylation is 1. The first-order valence-corrected chi connectivity index (χ1v) is 15.2. The number of carbonyl (C=O) groups excluding carboxylic acids is 1. The summed E-state index contributed by atoms with van der Waals surface area (Å²) in [5.74, 6) is -0.383. The molecule has 0 N–H and O–H groups in total. The van der Waals surface area contributed by atoms with Crippen molar-refractivity contribution >= 4 is 23.4 Å². The molecule has 42 heavy (non-hydrogen) atoms. The van der Waals surface area contributed by atoms with Crippen molar-refractivity contribution in [1.82, 2.24) is 9.13 Å². The molecule has 5 rings (SSSR count). The van der Waals surface area contributed by atoms with Crippen molar-refractivity contribution in [3.05, 3.63) is 119 Å². The van der Waals surface area contributed by atoms with Crippen molar-refractivity contribution < 1.29 is 13.9 Å². The quantitative estimate of drug-likeness (QED) is 0.230. The Bertz CT molecular complexity index is 1840. The van der Waals surface area contributed by atoms with Gasteiger partial charge in [-0.15, -0.1) is 0 Å². The number of fused-ring (bicyclic) bond motifs is 1. The summed E-state index contributed by atoms with van der Waals surface area (Å²) >= 11 is 1.32. The smallest absolute Gasteiger partial charge is 0.338 e. The van der Waals surface area contributed by atoms with Gasteiger partial charge in [-0.05, 0) is 86.2 Å². The fourth-order valence-corrected chi connectivity index (χ4v) is 6.57. The highest BCUT2D eigenvalue weighted by molar-refractivity contribution is 7.07. The van der Waals surface area contributed by atoms with E-state index in [2.05, 4.69) is 26.0 Å². The van der Waals surface area contributed by atoms with Gasteiger partial charge < -0.3 is 9.30 Å². The first kappa shape index (κ1) is 29.5. The number of halogens is 1. The van der Waals surface area contributed by atoms with Gasteiger partial charge in [0.1, 0.15) is 5.82 Å². The van der Waals surface area contributed by atoms with E-state index in [-0.39, 0.29) is 18.0 Å². The van der Waals surface area contributed by atoms with E-state index in [0.717, 1.165) is 34.6 Å². The Labute approximate surface area is 249 Å². The van der Waals surface area contributed by atoms with Crippen LogP contribution in [0.2, 0.25) is 0 Å². The van der Waals surface area contributed by atoms with Gasteiger partial charge in [-0.2, -0.15) is 0 Å². The Morgan fingerprint density at radius 1 is 1.10 bits per heavy atom. The number of rotatable bonds is 8.